The Morgan fingerprint density at radius 2 is 2.17 bits per heavy atom. The molecule has 7 nitrogen and oxygen atoms in total. The fourth-order valence-electron chi connectivity index (χ4n) is 1.26. The molecule has 2 rings (SSSR count). The first-order chi connectivity index (χ1) is 8.62. The molecule has 0 bridgehead atoms. The summed E-state index contributed by atoms with van der Waals surface area (Å²) in [5, 5.41) is 3.55. The van der Waals surface area contributed by atoms with Crippen molar-refractivity contribution in [2.75, 3.05) is 0 Å². The number of hydrogen-bond acceptors (Lipinski definition) is 6. The lowest BCUT2D eigenvalue weighted by molar-refractivity contribution is 0.411. The second-order valence-corrected chi connectivity index (χ2v) is 5.24. The minimum Gasteiger partial charge on any atom is -0.364 e. The molecule has 0 saturated carbocycles. The van der Waals surface area contributed by atoms with Crippen LogP contribution in [0.2, 0.25) is 0 Å². The molecule has 0 saturated heterocycles. The van der Waals surface area contributed by atoms with Gasteiger partial charge in [-0.15, -0.1) is 0 Å². The van der Waals surface area contributed by atoms with E-state index in [1.165, 1.54) is 18.5 Å². The molecule has 0 atom stereocenters. The molecule has 0 radical (unpaired) electrons. The number of pyridine rings is 1. The molecule has 0 aliphatic heterocycles. The van der Waals surface area contributed by atoms with Gasteiger partial charge in [0.05, 0.1) is 12.2 Å². The van der Waals surface area contributed by atoms with Crippen LogP contribution in [0, 0.1) is 0 Å². The van der Waals surface area contributed by atoms with Crippen LogP contribution < -0.4 is 10.5 Å². The lowest BCUT2D eigenvalue weighted by atomic mass is 10.3. The maximum Gasteiger partial charge on any atom is 0.258 e. The third-order valence-electron chi connectivity index (χ3n) is 2.24. The van der Waals surface area contributed by atoms with Gasteiger partial charge in [-0.1, -0.05) is 11.2 Å². The minimum absolute atomic E-state index is 0.0526. The van der Waals surface area contributed by atoms with Gasteiger partial charge in [-0.3, -0.25) is 0 Å². The van der Waals surface area contributed by atoms with Crippen molar-refractivity contribution in [1.82, 2.24) is 14.9 Å². The van der Waals surface area contributed by atoms with Crippen molar-refractivity contribution in [3.05, 3.63) is 41.9 Å². The van der Waals surface area contributed by atoms with Gasteiger partial charge in [0, 0.05) is 18.8 Å². The Bertz CT molecular complexity index is 593. The maximum absolute atomic E-state index is 11.9. The Hall–Kier alpha value is -1.77. The number of aromatic nitrogens is 2. The van der Waals surface area contributed by atoms with Crippen LogP contribution in [0.25, 0.3) is 0 Å². The third kappa shape index (κ3) is 2.92. The summed E-state index contributed by atoms with van der Waals surface area (Å²) in [6.45, 7) is 0.374. The van der Waals surface area contributed by atoms with E-state index in [1.54, 1.807) is 12.1 Å². The second-order valence-electron chi connectivity index (χ2n) is 3.52. The highest BCUT2D eigenvalue weighted by molar-refractivity contribution is 7.89. The van der Waals surface area contributed by atoms with Crippen molar-refractivity contribution in [1.29, 1.82) is 0 Å². The van der Waals surface area contributed by atoms with E-state index in [1.807, 2.05) is 0 Å². The number of nitrogens with one attached hydrogen (secondary N) is 1. The van der Waals surface area contributed by atoms with Gasteiger partial charge in [-0.25, -0.2) is 18.1 Å². The third-order valence-corrected chi connectivity index (χ3v) is 3.56. The molecule has 2 aromatic heterocycles. The molecule has 8 heteroatoms. The zero-order chi connectivity index (χ0) is 13.0. The minimum atomic E-state index is -3.64. The Labute approximate surface area is 104 Å². The number of sulfonamides is 1. The van der Waals surface area contributed by atoms with Gasteiger partial charge in [0.1, 0.15) is 6.26 Å². The molecule has 0 fully saturated rings. The number of rotatable bonds is 5. The average Bonchev–Trinajstić information content (AvgIpc) is 2.90. The molecular weight excluding hydrogens is 256 g/mol. The smallest absolute Gasteiger partial charge is 0.258 e. The topological polar surface area (TPSA) is 111 Å². The van der Waals surface area contributed by atoms with E-state index in [0.29, 0.717) is 12.2 Å². The standard InChI is InChI=1S/C10H12N4O3S/c11-5-8-1-2-10(12-6-8)18(15,16)13-7-9-3-4-17-14-9/h1-4,6,13H,5,7,11H2. The van der Waals surface area contributed by atoms with E-state index in [-0.39, 0.29) is 11.6 Å². The van der Waals surface area contributed by atoms with Crippen LogP contribution in [0.5, 0.6) is 0 Å². The Morgan fingerprint density at radius 3 is 2.72 bits per heavy atom. The predicted molar refractivity (Wildman–Crippen MR) is 62.7 cm³/mol. The molecule has 0 unspecified atom stereocenters. The van der Waals surface area contributed by atoms with Crippen LogP contribution in [-0.4, -0.2) is 18.6 Å². The summed E-state index contributed by atoms with van der Waals surface area (Å²) in [4.78, 5) is 3.85. The van der Waals surface area contributed by atoms with Crippen LogP contribution in [0.1, 0.15) is 11.3 Å². The Balaban J connectivity index is 2.09. The zero-order valence-electron chi connectivity index (χ0n) is 9.41. The SMILES string of the molecule is NCc1ccc(S(=O)(=O)NCc2ccon2)nc1. The van der Waals surface area contributed by atoms with Crippen molar-refractivity contribution in [2.24, 2.45) is 5.73 Å². The summed E-state index contributed by atoms with van der Waals surface area (Å²) in [6, 6.07) is 4.61. The molecule has 96 valence electrons. The van der Waals surface area contributed by atoms with Gasteiger partial charge in [-0.2, -0.15) is 0 Å². The summed E-state index contributed by atoms with van der Waals surface area (Å²) >= 11 is 0. The van der Waals surface area contributed by atoms with Gasteiger partial charge in [-0.05, 0) is 11.6 Å². The van der Waals surface area contributed by atoms with E-state index in [2.05, 4.69) is 19.4 Å². The van der Waals surface area contributed by atoms with Crippen LogP contribution in [0.3, 0.4) is 0 Å². The van der Waals surface area contributed by atoms with Crippen molar-refractivity contribution < 1.29 is 12.9 Å². The molecular formula is C10H12N4O3S. The van der Waals surface area contributed by atoms with E-state index in [0.717, 1.165) is 5.56 Å². The molecule has 0 spiro atoms. The number of hydrogen-bond donors (Lipinski definition) is 2. The second kappa shape index (κ2) is 5.25. The zero-order valence-corrected chi connectivity index (χ0v) is 10.2. The Kier molecular flexibility index (Phi) is 3.70. The van der Waals surface area contributed by atoms with Crippen LogP contribution in [0.15, 0.2) is 40.2 Å². The van der Waals surface area contributed by atoms with E-state index < -0.39 is 10.0 Å². The van der Waals surface area contributed by atoms with E-state index in [9.17, 15) is 8.42 Å². The first kappa shape index (κ1) is 12.7. The van der Waals surface area contributed by atoms with Gasteiger partial charge < -0.3 is 10.3 Å². The van der Waals surface area contributed by atoms with E-state index in [4.69, 9.17) is 5.73 Å². The summed E-state index contributed by atoms with van der Waals surface area (Å²) < 4.78 is 30.7. The monoisotopic (exact) mass is 268 g/mol. The van der Waals surface area contributed by atoms with E-state index >= 15 is 0 Å². The van der Waals surface area contributed by atoms with Crippen molar-refractivity contribution in [3.8, 4) is 0 Å². The normalized spacial score (nSPS) is 11.6. The van der Waals surface area contributed by atoms with Crippen LogP contribution in [0.4, 0.5) is 0 Å². The molecule has 0 aliphatic carbocycles. The van der Waals surface area contributed by atoms with Gasteiger partial charge in [0.2, 0.25) is 0 Å². The summed E-state index contributed by atoms with van der Waals surface area (Å²) in [5.74, 6) is 0. The average molecular weight is 268 g/mol. The highest BCUT2D eigenvalue weighted by Gasteiger charge is 2.15. The molecule has 0 amide bonds. The highest BCUT2D eigenvalue weighted by atomic mass is 32.2. The lowest BCUT2D eigenvalue weighted by Gasteiger charge is -2.04. The molecule has 3 N–H and O–H groups in total. The van der Waals surface area contributed by atoms with Gasteiger partial charge >= 0.3 is 0 Å². The summed E-state index contributed by atoms with van der Waals surface area (Å²) in [7, 11) is -3.64. The predicted octanol–water partition coefficient (Wildman–Crippen LogP) is 0.00680. The van der Waals surface area contributed by atoms with Crippen LogP contribution in [-0.2, 0) is 23.1 Å². The molecule has 2 aromatic rings. The molecule has 18 heavy (non-hydrogen) atoms. The largest absolute Gasteiger partial charge is 0.364 e. The van der Waals surface area contributed by atoms with Crippen LogP contribution >= 0.6 is 0 Å². The molecule has 0 aromatic carbocycles. The van der Waals surface area contributed by atoms with Crippen molar-refractivity contribution >= 4 is 10.0 Å². The first-order valence-corrected chi connectivity index (χ1v) is 6.64. The lowest BCUT2D eigenvalue weighted by Crippen LogP contribution is -2.24. The summed E-state index contributed by atoms with van der Waals surface area (Å²) in [5.41, 5.74) is 6.67. The molecule has 0 aliphatic rings. The first-order valence-electron chi connectivity index (χ1n) is 5.16. The number of nitrogens with two attached hydrogens (primary N) is 1. The Morgan fingerprint density at radius 1 is 1.33 bits per heavy atom. The molecule has 2 heterocycles. The highest BCUT2D eigenvalue weighted by Crippen LogP contribution is 2.07. The van der Waals surface area contributed by atoms with Crippen molar-refractivity contribution in [3.63, 3.8) is 0 Å². The number of nitrogens with zero attached hydrogens (tertiary/aromatic N) is 2. The summed E-state index contributed by atoms with van der Waals surface area (Å²) in [6.07, 6.45) is 2.81. The fraction of sp³-hybridized carbons (Fsp3) is 0.200. The van der Waals surface area contributed by atoms with Gasteiger partial charge in [0.25, 0.3) is 10.0 Å². The quantitative estimate of drug-likeness (QED) is 0.790. The maximum atomic E-state index is 11.9. The van der Waals surface area contributed by atoms with Gasteiger partial charge in [0.15, 0.2) is 5.03 Å². The van der Waals surface area contributed by atoms with Crippen molar-refractivity contribution in [2.45, 2.75) is 18.1 Å². The fourth-order valence-corrected chi connectivity index (χ4v) is 2.19.